The molecule has 21 heavy (non-hydrogen) atoms. The van der Waals surface area contributed by atoms with Crippen molar-refractivity contribution in [1.29, 1.82) is 0 Å². The van der Waals surface area contributed by atoms with Gasteiger partial charge in [0.2, 0.25) is 5.91 Å². The van der Waals surface area contributed by atoms with Crippen LogP contribution >= 0.6 is 12.4 Å². The van der Waals surface area contributed by atoms with Crippen molar-refractivity contribution < 1.29 is 9.72 Å². The second-order valence-corrected chi connectivity index (χ2v) is 5.29. The topological polar surface area (TPSA) is 98.3 Å². The summed E-state index contributed by atoms with van der Waals surface area (Å²) in [6, 6.07) is 6.39. The van der Waals surface area contributed by atoms with Crippen molar-refractivity contribution in [3.8, 4) is 0 Å². The zero-order valence-corrected chi connectivity index (χ0v) is 12.5. The lowest BCUT2D eigenvalue weighted by molar-refractivity contribution is -0.385. The van der Waals surface area contributed by atoms with Crippen LogP contribution in [0.15, 0.2) is 24.3 Å². The summed E-state index contributed by atoms with van der Waals surface area (Å²) in [5, 5.41) is 13.6. The van der Waals surface area contributed by atoms with Crippen LogP contribution in [0.25, 0.3) is 0 Å². The van der Waals surface area contributed by atoms with E-state index in [9.17, 15) is 14.9 Å². The van der Waals surface area contributed by atoms with E-state index in [1.165, 1.54) is 6.07 Å². The van der Waals surface area contributed by atoms with Gasteiger partial charge in [0.25, 0.3) is 5.69 Å². The van der Waals surface area contributed by atoms with E-state index in [1.54, 1.807) is 18.2 Å². The molecular formula is C14H20ClN3O3. The van der Waals surface area contributed by atoms with Crippen LogP contribution in [0.3, 0.4) is 0 Å². The number of hydrogen-bond acceptors (Lipinski definition) is 4. The first-order valence-electron chi connectivity index (χ1n) is 6.82. The molecule has 116 valence electrons. The molecule has 0 heterocycles. The third kappa shape index (κ3) is 4.15. The van der Waals surface area contributed by atoms with Crippen LogP contribution in [0.1, 0.15) is 37.7 Å². The quantitative estimate of drug-likeness (QED) is 0.658. The van der Waals surface area contributed by atoms with E-state index >= 15 is 0 Å². The molecule has 7 heteroatoms. The predicted octanol–water partition coefficient (Wildman–Crippen LogP) is 2.29. The van der Waals surface area contributed by atoms with Crippen LogP contribution < -0.4 is 11.1 Å². The summed E-state index contributed by atoms with van der Waals surface area (Å²) in [5.41, 5.74) is 5.81. The number of hydrogen-bond donors (Lipinski definition) is 2. The van der Waals surface area contributed by atoms with E-state index in [0.717, 1.165) is 19.3 Å². The van der Waals surface area contributed by atoms with Gasteiger partial charge in [0.05, 0.1) is 10.5 Å². The molecule has 0 saturated heterocycles. The van der Waals surface area contributed by atoms with E-state index in [2.05, 4.69) is 5.32 Å². The highest BCUT2D eigenvalue weighted by molar-refractivity contribution is 5.86. The molecular weight excluding hydrogens is 294 g/mol. The third-order valence-electron chi connectivity index (χ3n) is 3.83. The number of nitro groups is 1. The van der Waals surface area contributed by atoms with Gasteiger partial charge in [0.15, 0.2) is 0 Å². The lowest BCUT2D eigenvalue weighted by Gasteiger charge is -2.31. The molecule has 1 fully saturated rings. The number of nitrogens with one attached hydrogen (secondary N) is 1. The highest BCUT2D eigenvalue weighted by Crippen LogP contribution is 2.26. The number of nitrogens with two attached hydrogens (primary N) is 1. The molecule has 3 N–H and O–H groups in total. The average molecular weight is 314 g/mol. The Morgan fingerprint density at radius 2 is 1.90 bits per heavy atom. The molecule has 1 aromatic rings. The molecule has 1 aliphatic carbocycles. The van der Waals surface area contributed by atoms with Gasteiger partial charge in [0, 0.05) is 18.2 Å². The molecule has 1 amide bonds. The van der Waals surface area contributed by atoms with Crippen LogP contribution in [0, 0.1) is 10.1 Å². The van der Waals surface area contributed by atoms with Crippen molar-refractivity contribution >= 4 is 24.0 Å². The van der Waals surface area contributed by atoms with Gasteiger partial charge in [-0.05, 0) is 12.8 Å². The Morgan fingerprint density at radius 1 is 1.29 bits per heavy atom. The Morgan fingerprint density at radius 3 is 2.52 bits per heavy atom. The number of carbonyl (C=O) groups is 1. The van der Waals surface area contributed by atoms with Crippen molar-refractivity contribution in [3.05, 3.63) is 39.9 Å². The summed E-state index contributed by atoms with van der Waals surface area (Å²) in [7, 11) is 0. The van der Waals surface area contributed by atoms with E-state index < -0.39 is 10.5 Å². The van der Waals surface area contributed by atoms with Crippen LogP contribution in [0.5, 0.6) is 0 Å². The van der Waals surface area contributed by atoms with Crippen LogP contribution in [-0.4, -0.2) is 16.4 Å². The summed E-state index contributed by atoms with van der Waals surface area (Å²) in [4.78, 5) is 22.6. The monoisotopic (exact) mass is 313 g/mol. The van der Waals surface area contributed by atoms with Crippen molar-refractivity contribution in [3.63, 3.8) is 0 Å². The minimum Gasteiger partial charge on any atom is -0.350 e. The second kappa shape index (κ2) is 7.38. The zero-order chi connectivity index (χ0) is 14.6. The number of benzene rings is 1. The van der Waals surface area contributed by atoms with Gasteiger partial charge in [-0.2, -0.15) is 0 Å². The Hall–Kier alpha value is -1.66. The largest absolute Gasteiger partial charge is 0.350 e. The van der Waals surface area contributed by atoms with E-state index in [0.29, 0.717) is 18.4 Å². The highest BCUT2D eigenvalue weighted by atomic mass is 35.5. The minimum atomic E-state index is -0.818. The first kappa shape index (κ1) is 17.4. The Bertz CT molecular complexity index is 516. The molecule has 0 spiro atoms. The first-order chi connectivity index (χ1) is 9.53. The summed E-state index contributed by atoms with van der Waals surface area (Å²) < 4.78 is 0. The smallest absolute Gasteiger partial charge is 0.274 e. The number of halogens is 1. The Kier molecular flexibility index (Phi) is 6.11. The molecule has 0 atom stereocenters. The van der Waals surface area contributed by atoms with Gasteiger partial charge in [-0.3, -0.25) is 14.9 Å². The SMILES string of the molecule is Cl.NC1(C(=O)NCc2ccccc2[N+](=O)[O-])CCCCC1. The molecule has 0 bridgehead atoms. The molecule has 6 nitrogen and oxygen atoms in total. The van der Waals surface area contributed by atoms with Crippen LogP contribution in [0.4, 0.5) is 5.69 Å². The Labute approximate surface area is 129 Å². The summed E-state index contributed by atoms with van der Waals surface area (Å²) in [6.07, 6.45) is 4.37. The lowest BCUT2D eigenvalue weighted by Crippen LogP contribution is -2.54. The fourth-order valence-corrected chi connectivity index (χ4v) is 2.60. The summed E-state index contributed by atoms with van der Waals surface area (Å²) in [5.74, 6) is -0.213. The van der Waals surface area contributed by atoms with Crippen molar-refractivity contribution in [2.24, 2.45) is 5.73 Å². The molecule has 1 aromatic carbocycles. The molecule has 0 aliphatic heterocycles. The number of nitro benzene ring substituents is 1. The first-order valence-corrected chi connectivity index (χ1v) is 6.82. The number of rotatable bonds is 4. The number of para-hydroxylation sites is 1. The standard InChI is InChI=1S/C14H19N3O3.ClH/c15-14(8-4-1-5-9-14)13(18)16-10-11-6-2-3-7-12(11)17(19)20;/h2-3,6-7H,1,4-5,8-10,15H2,(H,16,18);1H. The van der Waals surface area contributed by atoms with Gasteiger partial charge in [-0.25, -0.2) is 0 Å². The van der Waals surface area contributed by atoms with Gasteiger partial charge < -0.3 is 11.1 Å². The van der Waals surface area contributed by atoms with E-state index in [-0.39, 0.29) is 30.5 Å². The molecule has 0 aromatic heterocycles. The van der Waals surface area contributed by atoms with Gasteiger partial charge in [-0.15, -0.1) is 12.4 Å². The summed E-state index contributed by atoms with van der Waals surface area (Å²) in [6.45, 7) is 0.134. The fourth-order valence-electron chi connectivity index (χ4n) is 2.60. The maximum Gasteiger partial charge on any atom is 0.274 e. The molecule has 0 unspecified atom stereocenters. The third-order valence-corrected chi connectivity index (χ3v) is 3.83. The predicted molar refractivity (Wildman–Crippen MR) is 82.2 cm³/mol. The summed E-state index contributed by atoms with van der Waals surface area (Å²) >= 11 is 0. The number of amides is 1. The van der Waals surface area contributed by atoms with Crippen LogP contribution in [0.2, 0.25) is 0 Å². The lowest BCUT2D eigenvalue weighted by atomic mass is 9.82. The molecule has 2 rings (SSSR count). The molecule has 1 aliphatic rings. The van der Waals surface area contributed by atoms with Gasteiger partial charge >= 0.3 is 0 Å². The number of nitrogens with zero attached hydrogens (tertiary/aromatic N) is 1. The maximum absolute atomic E-state index is 12.2. The highest BCUT2D eigenvalue weighted by Gasteiger charge is 2.35. The normalized spacial score (nSPS) is 16.6. The van der Waals surface area contributed by atoms with Gasteiger partial charge in [0.1, 0.15) is 0 Å². The second-order valence-electron chi connectivity index (χ2n) is 5.29. The average Bonchev–Trinajstić information content (AvgIpc) is 2.45. The van der Waals surface area contributed by atoms with Crippen molar-refractivity contribution in [2.75, 3.05) is 0 Å². The van der Waals surface area contributed by atoms with Crippen molar-refractivity contribution in [2.45, 2.75) is 44.2 Å². The minimum absolute atomic E-state index is 0. The molecule has 1 saturated carbocycles. The fraction of sp³-hybridized carbons (Fsp3) is 0.500. The zero-order valence-electron chi connectivity index (χ0n) is 11.7. The number of carbonyl (C=O) groups excluding carboxylic acids is 1. The maximum atomic E-state index is 12.2. The van der Waals surface area contributed by atoms with E-state index in [4.69, 9.17) is 5.73 Å². The van der Waals surface area contributed by atoms with Crippen LogP contribution in [-0.2, 0) is 11.3 Å². The Balaban J connectivity index is 0.00000220. The van der Waals surface area contributed by atoms with E-state index in [1.807, 2.05) is 0 Å². The van der Waals surface area contributed by atoms with Gasteiger partial charge in [-0.1, -0.05) is 37.5 Å². The van der Waals surface area contributed by atoms with Crippen molar-refractivity contribution in [1.82, 2.24) is 5.32 Å². The molecule has 0 radical (unpaired) electrons.